The van der Waals surface area contributed by atoms with E-state index >= 15 is 0 Å². The molecule has 0 aromatic carbocycles. The molecular weight excluding hydrogens is 436 g/mol. The fourth-order valence-electron chi connectivity index (χ4n) is 3.08. The molecule has 0 aromatic rings. The summed E-state index contributed by atoms with van der Waals surface area (Å²) in [5, 5.41) is 14.7. The molecule has 7 heteroatoms. The molecule has 0 heterocycles. The Balaban J connectivity index is 4.58. The van der Waals surface area contributed by atoms with E-state index in [1.807, 2.05) is 13.8 Å². The van der Waals surface area contributed by atoms with Gasteiger partial charge < -0.3 is 15.7 Å². The normalized spacial score (nSPS) is 14.8. The molecule has 6 nitrogen and oxygen atoms in total. The minimum absolute atomic E-state index is 0.0912. The highest BCUT2D eigenvalue weighted by molar-refractivity contribution is 7.99. The molecule has 0 saturated carbocycles. The average molecular weight is 481 g/mol. The van der Waals surface area contributed by atoms with Crippen molar-refractivity contribution in [2.45, 2.75) is 92.7 Å². The van der Waals surface area contributed by atoms with Crippen molar-refractivity contribution in [1.29, 1.82) is 0 Å². The molecule has 2 amide bonds. The summed E-state index contributed by atoms with van der Waals surface area (Å²) in [5.74, 6) is -0.972. The molecular formula is C26H44N2O4S. The number of thioether (sulfide) groups is 1. The molecule has 0 aliphatic heterocycles. The van der Waals surface area contributed by atoms with Crippen LogP contribution in [-0.2, 0) is 14.4 Å². The summed E-state index contributed by atoms with van der Waals surface area (Å²) in [6.07, 6.45) is 11.5. The lowest BCUT2D eigenvalue weighted by atomic mass is 9.98. The van der Waals surface area contributed by atoms with E-state index in [1.54, 1.807) is 0 Å². The fourth-order valence-corrected chi connectivity index (χ4v) is 4.08. The van der Waals surface area contributed by atoms with Gasteiger partial charge in [-0.05, 0) is 59.3 Å². The maximum absolute atomic E-state index is 12.6. The fraction of sp³-hybridized carbons (Fsp3) is 0.654. The summed E-state index contributed by atoms with van der Waals surface area (Å²) in [5.41, 5.74) is 4.03. The number of hydrogen-bond donors (Lipinski definition) is 3. The number of rotatable bonds is 16. The summed E-state index contributed by atoms with van der Waals surface area (Å²) in [7, 11) is 0. The number of hydrogen-bond acceptors (Lipinski definition) is 4. The standard InChI is InChI=1S/C26H44N2O4S/c1-8-21(6)24(27-22(7)29)25(30)28-23(26(31)32)17-33-16-15-20(5)14-10-13-19(4)12-9-11-18(2)3/h11,13,15,21,23-24H,8-10,12,14,16-17H2,1-7H3,(H,27,29)(H,28,30)(H,31,32)/t21-,23?,24-/m0/s1. The number of aliphatic carboxylic acids is 1. The predicted octanol–water partition coefficient (Wildman–Crippen LogP) is 5.26. The zero-order valence-electron chi connectivity index (χ0n) is 21.5. The van der Waals surface area contributed by atoms with Crippen LogP contribution in [0.5, 0.6) is 0 Å². The zero-order chi connectivity index (χ0) is 25.4. The van der Waals surface area contributed by atoms with Crippen molar-refractivity contribution in [1.82, 2.24) is 10.6 Å². The van der Waals surface area contributed by atoms with Crippen molar-refractivity contribution in [3.05, 3.63) is 34.9 Å². The molecule has 0 spiro atoms. The topological polar surface area (TPSA) is 95.5 Å². The third kappa shape index (κ3) is 15.4. The van der Waals surface area contributed by atoms with E-state index in [1.165, 1.54) is 35.4 Å². The quantitative estimate of drug-likeness (QED) is 0.207. The Bertz CT molecular complexity index is 724. The van der Waals surface area contributed by atoms with Crippen molar-refractivity contribution in [2.75, 3.05) is 11.5 Å². The van der Waals surface area contributed by atoms with E-state index in [0.29, 0.717) is 12.2 Å². The summed E-state index contributed by atoms with van der Waals surface area (Å²) < 4.78 is 0. The highest BCUT2D eigenvalue weighted by atomic mass is 32.2. The van der Waals surface area contributed by atoms with Gasteiger partial charge in [0.15, 0.2) is 0 Å². The van der Waals surface area contributed by atoms with Gasteiger partial charge in [0.05, 0.1) is 0 Å². The molecule has 0 saturated heterocycles. The maximum atomic E-state index is 12.6. The minimum Gasteiger partial charge on any atom is -0.480 e. The first-order valence-electron chi connectivity index (χ1n) is 11.8. The molecule has 0 bridgehead atoms. The van der Waals surface area contributed by atoms with Crippen molar-refractivity contribution in [3.63, 3.8) is 0 Å². The second-order valence-corrected chi connectivity index (χ2v) is 10.0. The number of carbonyl (C=O) groups is 3. The lowest BCUT2D eigenvalue weighted by Gasteiger charge is -2.24. The molecule has 33 heavy (non-hydrogen) atoms. The van der Waals surface area contributed by atoms with Crippen LogP contribution in [0.25, 0.3) is 0 Å². The van der Waals surface area contributed by atoms with Crippen LogP contribution in [0.15, 0.2) is 34.9 Å². The molecule has 0 aromatic heterocycles. The van der Waals surface area contributed by atoms with Gasteiger partial charge in [-0.3, -0.25) is 9.59 Å². The van der Waals surface area contributed by atoms with Gasteiger partial charge in [0.2, 0.25) is 11.8 Å². The lowest BCUT2D eigenvalue weighted by Crippen LogP contribution is -2.54. The molecule has 3 atom stereocenters. The number of carbonyl (C=O) groups excluding carboxylic acids is 2. The smallest absolute Gasteiger partial charge is 0.327 e. The number of carboxylic acids is 1. The van der Waals surface area contributed by atoms with Crippen molar-refractivity contribution >= 4 is 29.5 Å². The molecule has 188 valence electrons. The minimum atomic E-state index is -1.07. The van der Waals surface area contributed by atoms with Crippen molar-refractivity contribution < 1.29 is 19.5 Å². The van der Waals surface area contributed by atoms with E-state index in [-0.39, 0.29) is 17.6 Å². The molecule has 0 rings (SSSR count). The van der Waals surface area contributed by atoms with Gasteiger partial charge in [-0.25, -0.2) is 4.79 Å². The molecule has 1 unspecified atom stereocenters. The van der Waals surface area contributed by atoms with Crippen LogP contribution in [0.1, 0.15) is 80.6 Å². The Morgan fingerprint density at radius 3 is 2.00 bits per heavy atom. The van der Waals surface area contributed by atoms with Gasteiger partial charge in [-0.15, -0.1) is 0 Å². The van der Waals surface area contributed by atoms with Gasteiger partial charge in [0.1, 0.15) is 12.1 Å². The van der Waals surface area contributed by atoms with Crippen molar-refractivity contribution in [3.8, 4) is 0 Å². The van der Waals surface area contributed by atoms with Crippen LogP contribution in [-0.4, -0.2) is 46.5 Å². The average Bonchev–Trinajstić information content (AvgIpc) is 2.72. The summed E-state index contributed by atoms with van der Waals surface area (Å²) >= 11 is 1.47. The second kappa shape index (κ2) is 17.5. The molecule has 0 aliphatic rings. The van der Waals surface area contributed by atoms with Gasteiger partial charge >= 0.3 is 5.97 Å². The Morgan fingerprint density at radius 2 is 1.48 bits per heavy atom. The van der Waals surface area contributed by atoms with Gasteiger partial charge in [0.25, 0.3) is 0 Å². The SMILES string of the molecule is CC[C@H](C)[C@H](NC(C)=O)C(=O)NC(CSCC=C(C)CCC=C(C)CCC=C(C)C)C(=O)O. The molecule has 0 aliphatic carbocycles. The third-order valence-electron chi connectivity index (χ3n) is 5.43. The van der Waals surface area contributed by atoms with Crippen LogP contribution >= 0.6 is 11.8 Å². The van der Waals surface area contributed by atoms with Crippen LogP contribution < -0.4 is 10.6 Å². The first kappa shape index (κ1) is 31.0. The number of nitrogens with one attached hydrogen (secondary N) is 2. The highest BCUT2D eigenvalue weighted by Crippen LogP contribution is 2.14. The van der Waals surface area contributed by atoms with E-state index in [9.17, 15) is 19.5 Å². The number of carboxylic acid groups (broad SMARTS) is 1. The third-order valence-corrected chi connectivity index (χ3v) is 6.40. The maximum Gasteiger partial charge on any atom is 0.327 e. The Morgan fingerprint density at radius 1 is 0.909 bits per heavy atom. The predicted molar refractivity (Wildman–Crippen MR) is 139 cm³/mol. The van der Waals surface area contributed by atoms with Crippen LogP contribution in [0.2, 0.25) is 0 Å². The van der Waals surface area contributed by atoms with Crippen molar-refractivity contribution in [2.24, 2.45) is 5.92 Å². The van der Waals surface area contributed by atoms with Gasteiger partial charge in [0, 0.05) is 18.4 Å². The Kier molecular flexibility index (Phi) is 16.4. The largest absolute Gasteiger partial charge is 0.480 e. The summed E-state index contributed by atoms with van der Waals surface area (Å²) in [6, 6.07) is -1.73. The zero-order valence-corrected chi connectivity index (χ0v) is 22.3. The van der Waals surface area contributed by atoms with E-state index < -0.39 is 24.0 Å². The molecule has 0 fully saturated rings. The summed E-state index contributed by atoms with van der Waals surface area (Å²) in [4.78, 5) is 35.6. The van der Waals surface area contributed by atoms with Gasteiger partial charge in [-0.2, -0.15) is 11.8 Å². The Labute approximate surface area is 204 Å². The first-order chi connectivity index (χ1) is 15.5. The van der Waals surface area contributed by atoms with Gasteiger partial charge in [-0.1, -0.05) is 55.2 Å². The highest BCUT2D eigenvalue weighted by Gasteiger charge is 2.28. The van der Waals surface area contributed by atoms with E-state index in [4.69, 9.17) is 0 Å². The number of allylic oxidation sites excluding steroid dienone is 5. The number of amides is 2. The van der Waals surface area contributed by atoms with Crippen LogP contribution in [0.4, 0.5) is 0 Å². The molecule has 3 N–H and O–H groups in total. The van der Waals surface area contributed by atoms with E-state index in [2.05, 4.69) is 56.6 Å². The van der Waals surface area contributed by atoms with Crippen LogP contribution in [0, 0.1) is 5.92 Å². The lowest BCUT2D eigenvalue weighted by molar-refractivity contribution is -0.141. The molecule has 0 radical (unpaired) electrons. The second-order valence-electron chi connectivity index (χ2n) is 8.96. The Hall–Kier alpha value is -2.02. The van der Waals surface area contributed by atoms with E-state index in [0.717, 1.165) is 25.7 Å². The van der Waals surface area contributed by atoms with Crippen LogP contribution in [0.3, 0.4) is 0 Å². The summed E-state index contributed by atoms with van der Waals surface area (Å²) in [6.45, 7) is 13.6. The first-order valence-corrected chi connectivity index (χ1v) is 13.0. The monoisotopic (exact) mass is 480 g/mol.